The lowest BCUT2D eigenvalue weighted by atomic mass is 10.1. The third-order valence-corrected chi connectivity index (χ3v) is 8.10. The minimum absolute atomic E-state index is 0.0710. The fourth-order valence-electron chi connectivity index (χ4n) is 4.27. The quantitative estimate of drug-likeness (QED) is 0.0656. The Morgan fingerprint density at radius 3 is 2.36 bits per heavy atom. The Kier molecular flexibility index (Phi) is 27.9. The zero-order valence-electron chi connectivity index (χ0n) is 27.1. The molecule has 42 heavy (non-hydrogen) atoms. The van der Waals surface area contributed by atoms with Gasteiger partial charge in [-0.3, -0.25) is 9.59 Å². The SMILES string of the molecule is CCCCCCCCC(CC)OC(=O)C(CC=O)CSCCC(=O)OCCCCCC(C)C.NCCCn1ccnc1. The molecule has 0 saturated carbocycles. The normalized spacial score (nSPS) is 12.3. The van der Waals surface area contributed by atoms with E-state index in [9.17, 15) is 14.4 Å². The van der Waals surface area contributed by atoms with Gasteiger partial charge in [0.2, 0.25) is 0 Å². The maximum absolute atomic E-state index is 12.6. The Labute approximate surface area is 260 Å². The van der Waals surface area contributed by atoms with Gasteiger partial charge in [0.05, 0.1) is 25.3 Å². The van der Waals surface area contributed by atoms with Gasteiger partial charge in [0, 0.05) is 36.9 Å². The van der Waals surface area contributed by atoms with E-state index in [1.54, 1.807) is 12.5 Å². The minimum Gasteiger partial charge on any atom is -0.466 e. The van der Waals surface area contributed by atoms with E-state index in [2.05, 4.69) is 25.8 Å². The lowest BCUT2D eigenvalue weighted by Gasteiger charge is -2.20. The number of unbranched alkanes of at least 4 members (excludes halogenated alkanes) is 7. The summed E-state index contributed by atoms with van der Waals surface area (Å²) in [5.41, 5.74) is 5.31. The molecule has 1 aromatic heterocycles. The van der Waals surface area contributed by atoms with Crippen LogP contribution < -0.4 is 5.73 Å². The molecule has 2 unspecified atom stereocenters. The predicted octanol–water partition coefficient (Wildman–Crippen LogP) is 7.38. The number of aldehydes is 1. The predicted molar refractivity (Wildman–Crippen MR) is 174 cm³/mol. The van der Waals surface area contributed by atoms with Gasteiger partial charge < -0.3 is 24.6 Å². The molecule has 0 bridgehead atoms. The highest BCUT2D eigenvalue weighted by Crippen LogP contribution is 2.19. The molecule has 1 rings (SSSR count). The van der Waals surface area contributed by atoms with Crippen LogP contribution in [0.15, 0.2) is 18.7 Å². The Morgan fingerprint density at radius 1 is 1.00 bits per heavy atom. The monoisotopic (exact) mass is 611 g/mol. The molecular formula is C33H61N3O5S. The van der Waals surface area contributed by atoms with E-state index < -0.39 is 5.92 Å². The van der Waals surface area contributed by atoms with Crippen LogP contribution in [0.4, 0.5) is 0 Å². The average Bonchev–Trinajstić information content (AvgIpc) is 3.50. The summed E-state index contributed by atoms with van der Waals surface area (Å²) in [4.78, 5) is 39.4. The van der Waals surface area contributed by atoms with Gasteiger partial charge in [-0.15, -0.1) is 0 Å². The van der Waals surface area contributed by atoms with Gasteiger partial charge in [0.1, 0.15) is 12.4 Å². The molecular weight excluding hydrogens is 550 g/mol. The smallest absolute Gasteiger partial charge is 0.310 e. The van der Waals surface area contributed by atoms with Crippen molar-refractivity contribution in [3.63, 3.8) is 0 Å². The van der Waals surface area contributed by atoms with Gasteiger partial charge in [0.15, 0.2) is 0 Å². The van der Waals surface area contributed by atoms with Gasteiger partial charge in [-0.05, 0) is 44.6 Å². The van der Waals surface area contributed by atoms with Crippen LogP contribution >= 0.6 is 11.8 Å². The van der Waals surface area contributed by atoms with E-state index >= 15 is 0 Å². The van der Waals surface area contributed by atoms with Crippen LogP contribution in [0, 0.1) is 11.8 Å². The summed E-state index contributed by atoms with van der Waals surface area (Å²) in [6, 6.07) is 0. The van der Waals surface area contributed by atoms with Crippen molar-refractivity contribution < 1.29 is 23.9 Å². The van der Waals surface area contributed by atoms with Crippen LogP contribution in [-0.4, -0.2) is 58.5 Å². The molecule has 244 valence electrons. The standard InChI is InChI=1S/C27H50O5S.C6H11N3/c1-5-7-8-9-10-13-16-25(6-2)32-27(30)24(17-19-28)22-33-21-18-26(29)31-20-14-11-12-15-23(3)4;7-2-1-4-9-5-3-8-6-9/h19,23-25H,5-18,20-22H2,1-4H3;3,5-6H,1-2,4,7H2. The van der Waals surface area contributed by atoms with E-state index in [0.29, 0.717) is 24.5 Å². The highest BCUT2D eigenvalue weighted by atomic mass is 32.2. The number of nitrogens with zero attached hydrogens (tertiary/aromatic N) is 2. The first-order chi connectivity index (χ1) is 20.4. The summed E-state index contributed by atoms with van der Waals surface area (Å²) in [6.45, 7) is 10.9. The molecule has 0 spiro atoms. The summed E-state index contributed by atoms with van der Waals surface area (Å²) in [7, 11) is 0. The first kappa shape index (κ1) is 40.1. The number of hydrogen-bond donors (Lipinski definition) is 1. The average molecular weight is 612 g/mol. The van der Waals surface area contributed by atoms with Gasteiger partial charge in [0.25, 0.3) is 0 Å². The maximum Gasteiger partial charge on any atom is 0.310 e. The van der Waals surface area contributed by atoms with Crippen LogP contribution in [-0.2, 0) is 30.4 Å². The third kappa shape index (κ3) is 24.7. The van der Waals surface area contributed by atoms with E-state index in [-0.39, 0.29) is 24.5 Å². The molecule has 0 saturated heterocycles. The Balaban J connectivity index is 0.00000157. The molecule has 2 N–H and O–H groups in total. The highest BCUT2D eigenvalue weighted by Gasteiger charge is 2.23. The molecule has 0 aliphatic carbocycles. The van der Waals surface area contributed by atoms with Crippen molar-refractivity contribution >= 4 is 30.0 Å². The van der Waals surface area contributed by atoms with Crippen molar-refractivity contribution in [2.45, 2.75) is 137 Å². The molecule has 0 aromatic carbocycles. The molecule has 9 heteroatoms. The maximum atomic E-state index is 12.6. The molecule has 0 fully saturated rings. The summed E-state index contributed by atoms with van der Waals surface area (Å²) in [6.07, 6.45) is 21.1. The number of carbonyl (C=O) groups is 3. The van der Waals surface area contributed by atoms with Crippen molar-refractivity contribution in [1.82, 2.24) is 9.55 Å². The first-order valence-electron chi connectivity index (χ1n) is 16.4. The Bertz CT molecular complexity index is 761. The van der Waals surface area contributed by atoms with E-state index in [1.165, 1.54) is 56.7 Å². The largest absolute Gasteiger partial charge is 0.466 e. The molecule has 0 radical (unpaired) electrons. The molecule has 1 aromatic rings. The Morgan fingerprint density at radius 2 is 1.71 bits per heavy atom. The fourth-order valence-corrected chi connectivity index (χ4v) is 5.31. The van der Waals surface area contributed by atoms with Crippen molar-refractivity contribution in [2.75, 3.05) is 24.7 Å². The number of esters is 2. The molecule has 8 nitrogen and oxygen atoms in total. The molecule has 2 atom stereocenters. The van der Waals surface area contributed by atoms with Gasteiger partial charge >= 0.3 is 11.9 Å². The van der Waals surface area contributed by atoms with Crippen LogP contribution in [0.1, 0.15) is 124 Å². The third-order valence-electron chi connectivity index (χ3n) is 6.97. The number of nitrogens with two attached hydrogens (primary N) is 1. The lowest BCUT2D eigenvalue weighted by Crippen LogP contribution is -2.26. The first-order valence-corrected chi connectivity index (χ1v) is 17.6. The van der Waals surface area contributed by atoms with Gasteiger partial charge in [-0.25, -0.2) is 4.98 Å². The molecule has 0 aliphatic rings. The topological polar surface area (TPSA) is 114 Å². The fraction of sp³-hybridized carbons (Fsp3) is 0.818. The number of thioether (sulfide) groups is 1. The summed E-state index contributed by atoms with van der Waals surface area (Å²) >= 11 is 1.51. The van der Waals surface area contributed by atoms with Crippen molar-refractivity contribution in [1.29, 1.82) is 0 Å². The molecule has 0 amide bonds. The van der Waals surface area contributed by atoms with Crippen LogP contribution in [0.2, 0.25) is 0 Å². The van der Waals surface area contributed by atoms with Gasteiger partial charge in [-0.1, -0.05) is 79.1 Å². The number of ether oxygens (including phenoxy) is 2. The van der Waals surface area contributed by atoms with Crippen LogP contribution in [0.5, 0.6) is 0 Å². The number of hydrogen-bond acceptors (Lipinski definition) is 8. The highest BCUT2D eigenvalue weighted by molar-refractivity contribution is 7.99. The summed E-state index contributed by atoms with van der Waals surface area (Å²) < 4.78 is 13.0. The molecule has 1 heterocycles. The minimum atomic E-state index is -0.442. The molecule has 0 aliphatic heterocycles. The zero-order valence-corrected chi connectivity index (χ0v) is 27.9. The number of rotatable bonds is 26. The zero-order chi connectivity index (χ0) is 31.3. The summed E-state index contributed by atoms with van der Waals surface area (Å²) in [5.74, 6) is 0.889. The van der Waals surface area contributed by atoms with E-state index in [1.807, 2.05) is 17.7 Å². The number of aromatic nitrogens is 2. The number of aryl methyl sites for hydroxylation is 1. The van der Waals surface area contributed by atoms with Gasteiger partial charge in [-0.2, -0.15) is 11.8 Å². The van der Waals surface area contributed by atoms with Crippen LogP contribution in [0.25, 0.3) is 0 Å². The lowest BCUT2D eigenvalue weighted by molar-refractivity contribution is -0.154. The van der Waals surface area contributed by atoms with E-state index in [4.69, 9.17) is 15.2 Å². The summed E-state index contributed by atoms with van der Waals surface area (Å²) in [5, 5.41) is 0. The van der Waals surface area contributed by atoms with Crippen molar-refractivity contribution in [3.8, 4) is 0 Å². The second-order valence-corrected chi connectivity index (χ2v) is 12.5. The second kappa shape index (κ2) is 29.2. The second-order valence-electron chi connectivity index (χ2n) is 11.4. The number of carbonyl (C=O) groups excluding carboxylic acids is 3. The van der Waals surface area contributed by atoms with Crippen molar-refractivity contribution in [3.05, 3.63) is 18.7 Å². The Hall–Kier alpha value is -1.87. The van der Waals surface area contributed by atoms with Crippen molar-refractivity contribution in [2.24, 2.45) is 17.6 Å². The van der Waals surface area contributed by atoms with Crippen LogP contribution in [0.3, 0.4) is 0 Å². The number of imidazole rings is 1. The van der Waals surface area contributed by atoms with E-state index in [0.717, 1.165) is 63.8 Å².